The number of rotatable bonds is 1. The fraction of sp³-hybridized carbons (Fsp3) is 0.0588. The molecular formula is C17H10Cl4N8. The van der Waals surface area contributed by atoms with E-state index in [-0.39, 0.29) is 20.9 Å². The molecule has 146 valence electrons. The van der Waals surface area contributed by atoms with E-state index in [4.69, 9.17) is 46.4 Å². The Labute approximate surface area is 183 Å². The molecule has 29 heavy (non-hydrogen) atoms. The van der Waals surface area contributed by atoms with Crippen LogP contribution in [-0.4, -0.2) is 39.5 Å². The SMILES string of the molecule is Cc1cccc(-n2cnc3c(Cl)nc(Cl)nc32)c1.Clc1nc(Cl)c2[nH]cnc2n1. The molecule has 5 aromatic rings. The molecule has 0 aliphatic carbocycles. The summed E-state index contributed by atoms with van der Waals surface area (Å²) in [7, 11) is 0. The highest BCUT2D eigenvalue weighted by molar-refractivity contribution is 6.35. The molecule has 0 bridgehead atoms. The van der Waals surface area contributed by atoms with E-state index in [0.29, 0.717) is 22.3 Å². The number of imidazole rings is 2. The van der Waals surface area contributed by atoms with Gasteiger partial charge in [-0.3, -0.25) is 4.57 Å². The van der Waals surface area contributed by atoms with E-state index in [9.17, 15) is 0 Å². The molecular weight excluding hydrogens is 458 g/mol. The second-order valence-corrected chi connectivity index (χ2v) is 7.19. The first-order valence-corrected chi connectivity index (χ1v) is 9.59. The predicted octanol–water partition coefficient (Wildman–Crippen LogP) is 5.09. The van der Waals surface area contributed by atoms with Crippen LogP contribution in [0.1, 0.15) is 5.56 Å². The van der Waals surface area contributed by atoms with Gasteiger partial charge in [-0.1, -0.05) is 35.3 Å². The van der Waals surface area contributed by atoms with E-state index in [0.717, 1.165) is 11.3 Å². The van der Waals surface area contributed by atoms with Gasteiger partial charge >= 0.3 is 0 Å². The fourth-order valence-electron chi connectivity index (χ4n) is 2.58. The van der Waals surface area contributed by atoms with Crippen molar-refractivity contribution < 1.29 is 0 Å². The van der Waals surface area contributed by atoms with Gasteiger partial charge in [0.1, 0.15) is 17.4 Å². The van der Waals surface area contributed by atoms with Gasteiger partial charge in [0.05, 0.1) is 6.33 Å². The largest absolute Gasteiger partial charge is 0.341 e. The second kappa shape index (κ2) is 8.08. The Bertz CT molecular complexity index is 1330. The topological polar surface area (TPSA) is 98.1 Å². The summed E-state index contributed by atoms with van der Waals surface area (Å²) in [6.07, 6.45) is 3.15. The van der Waals surface area contributed by atoms with Gasteiger partial charge in [-0.05, 0) is 47.8 Å². The zero-order chi connectivity index (χ0) is 20.5. The first-order valence-electron chi connectivity index (χ1n) is 8.07. The molecule has 4 heterocycles. The highest BCUT2D eigenvalue weighted by atomic mass is 35.5. The number of halogens is 4. The van der Waals surface area contributed by atoms with Crippen LogP contribution in [0.3, 0.4) is 0 Å². The number of benzene rings is 1. The van der Waals surface area contributed by atoms with Gasteiger partial charge in [0, 0.05) is 5.69 Å². The van der Waals surface area contributed by atoms with Crippen molar-refractivity contribution in [2.75, 3.05) is 0 Å². The molecule has 0 unspecified atom stereocenters. The normalized spacial score (nSPS) is 10.9. The van der Waals surface area contributed by atoms with Crippen molar-refractivity contribution >= 4 is 68.7 Å². The molecule has 0 saturated carbocycles. The maximum absolute atomic E-state index is 5.98. The molecule has 5 rings (SSSR count). The van der Waals surface area contributed by atoms with Gasteiger partial charge in [0.25, 0.3) is 0 Å². The highest BCUT2D eigenvalue weighted by Gasteiger charge is 2.12. The van der Waals surface area contributed by atoms with Crippen molar-refractivity contribution in [2.45, 2.75) is 6.92 Å². The van der Waals surface area contributed by atoms with Crippen LogP contribution in [0.15, 0.2) is 36.9 Å². The van der Waals surface area contributed by atoms with Crippen molar-refractivity contribution in [2.24, 2.45) is 0 Å². The van der Waals surface area contributed by atoms with Crippen LogP contribution in [0.2, 0.25) is 20.9 Å². The minimum atomic E-state index is 0.106. The third-order valence-electron chi connectivity index (χ3n) is 3.82. The number of fused-ring (bicyclic) bond motifs is 2. The Kier molecular flexibility index (Phi) is 5.51. The second-order valence-electron chi connectivity index (χ2n) is 5.79. The molecule has 12 heteroatoms. The molecule has 0 amide bonds. The standard InChI is InChI=1S/C12H8Cl2N4.C5H2Cl2N4/c1-7-3-2-4-8(5-7)18-6-15-9-10(13)16-12(14)17-11(9)18;6-3-2-4(9-1-8-2)11-5(7)10-3/h2-6H,1H3;1H,(H,8,9,10,11). The van der Waals surface area contributed by atoms with Crippen LogP contribution in [0, 0.1) is 6.92 Å². The first-order chi connectivity index (χ1) is 13.9. The summed E-state index contributed by atoms with van der Waals surface area (Å²) in [5.41, 5.74) is 4.35. The van der Waals surface area contributed by atoms with Gasteiger partial charge in [0.15, 0.2) is 21.6 Å². The molecule has 0 spiro atoms. The van der Waals surface area contributed by atoms with Crippen LogP contribution < -0.4 is 0 Å². The molecule has 0 radical (unpaired) electrons. The van der Waals surface area contributed by atoms with Crippen molar-refractivity contribution in [1.82, 2.24) is 39.5 Å². The molecule has 0 saturated heterocycles. The summed E-state index contributed by atoms with van der Waals surface area (Å²) in [6, 6.07) is 8.00. The minimum absolute atomic E-state index is 0.106. The quantitative estimate of drug-likeness (QED) is 0.272. The molecule has 1 N–H and O–H groups in total. The van der Waals surface area contributed by atoms with Crippen LogP contribution in [-0.2, 0) is 0 Å². The van der Waals surface area contributed by atoms with Gasteiger partial charge in [0.2, 0.25) is 10.6 Å². The number of hydrogen-bond donors (Lipinski definition) is 1. The average Bonchev–Trinajstić information content (AvgIpc) is 3.29. The maximum Gasteiger partial charge on any atom is 0.225 e. The Balaban J connectivity index is 0.000000159. The van der Waals surface area contributed by atoms with E-state index < -0.39 is 0 Å². The van der Waals surface area contributed by atoms with E-state index in [2.05, 4.69) is 34.9 Å². The number of aromatic amines is 1. The lowest BCUT2D eigenvalue weighted by Gasteiger charge is -2.04. The summed E-state index contributed by atoms with van der Waals surface area (Å²) in [6.45, 7) is 2.03. The summed E-state index contributed by atoms with van der Waals surface area (Å²) >= 11 is 23.0. The lowest BCUT2D eigenvalue weighted by Crippen LogP contribution is -1.95. The van der Waals surface area contributed by atoms with Crippen molar-refractivity contribution in [1.29, 1.82) is 0 Å². The van der Waals surface area contributed by atoms with Gasteiger partial charge in [-0.25, -0.2) is 19.9 Å². The van der Waals surface area contributed by atoms with Crippen molar-refractivity contribution in [3.8, 4) is 5.69 Å². The van der Waals surface area contributed by atoms with E-state index in [1.807, 2.05) is 35.8 Å². The summed E-state index contributed by atoms with van der Waals surface area (Å²) < 4.78 is 1.84. The number of nitrogens with one attached hydrogen (secondary N) is 1. The summed E-state index contributed by atoms with van der Waals surface area (Å²) in [5.74, 6) is 0. The number of aryl methyl sites for hydroxylation is 1. The molecule has 0 aliphatic heterocycles. The van der Waals surface area contributed by atoms with E-state index >= 15 is 0 Å². The fourth-order valence-corrected chi connectivity index (χ4v) is 3.43. The van der Waals surface area contributed by atoms with E-state index in [1.54, 1.807) is 6.33 Å². The Morgan fingerprint density at radius 3 is 2.45 bits per heavy atom. The lowest BCUT2D eigenvalue weighted by atomic mass is 10.2. The Morgan fingerprint density at radius 1 is 0.897 bits per heavy atom. The lowest BCUT2D eigenvalue weighted by molar-refractivity contribution is 1.06. The molecule has 0 atom stereocenters. The predicted molar refractivity (Wildman–Crippen MR) is 113 cm³/mol. The third kappa shape index (κ3) is 4.11. The van der Waals surface area contributed by atoms with Crippen molar-refractivity contribution in [3.63, 3.8) is 0 Å². The molecule has 4 aromatic heterocycles. The summed E-state index contributed by atoms with van der Waals surface area (Å²) in [5, 5.41) is 0.769. The maximum atomic E-state index is 5.98. The van der Waals surface area contributed by atoms with Crippen LogP contribution in [0.4, 0.5) is 0 Å². The smallest absolute Gasteiger partial charge is 0.225 e. The molecule has 0 fully saturated rings. The number of hydrogen-bond acceptors (Lipinski definition) is 6. The monoisotopic (exact) mass is 466 g/mol. The zero-order valence-corrected chi connectivity index (χ0v) is 17.6. The van der Waals surface area contributed by atoms with Crippen molar-refractivity contribution in [3.05, 3.63) is 63.4 Å². The van der Waals surface area contributed by atoms with Gasteiger partial charge in [-0.15, -0.1) is 0 Å². The van der Waals surface area contributed by atoms with Crippen LogP contribution in [0.25, 0.3) is 28.0 Å². The minimum Gasteiger partial charge on any atom is -0.341 e. The number of aromatic nitrogens is 8. The molecule has 8 nitrogen and oxygen atoms in total. The average molecular weight is 468 g/mol. The summed E-state index contributed by atoms with van der Waals surface area (Å²) in [4.78, 5) is 26.5. The highest BCUT2D eigenvalue weighted by Crippen LogP contribution is 2.23. The molecule has 0 aliphatic rings. The zero-order valence-electron chi connectivity index (χ0n) is 14.6. The number of nitrogens with zero attached hydrogens (tertiary/aromatic N) is 7. The van der Waals surface area contributed by atoms with E-state index in [1.165, 1.54) is 6.33 Å². The number of H-pyrrole nitrogens is 1. The van der Waals surface area contributed by atoms with Crippen LogP contribution in [0.5, 0.6) is 0 Å². The van der Waals surface area contributed by atoms with Gasteiger partial charge < -0.3 is 4.98 Å². The Morgan fingerprint density at radius 2 is 1.66 bits per heavy atom. The Hall–Kier alpha value is -2.52. The van der Waals surface area contributed by atoms with Crippen LogP contribution >= 0.6 is 46.4 Å². The molecule has 1 aromatic carbocycles. The third-order valence-corrected chi connectivity index (χ3v) is 4.70. The van der Waals surface area contributed by atoms with Gasteiger partial charge in [-0.2, -0.15) is 9.97 Å². The first kappa shape index (κ1) is 19.8.